The molecular weight excluding hydrogens is 431 g/mol. The second-order valence-electron chi connectivity index (χ2n) is 9.66. The number of nitrogens with one attached hydrogen (secondary N) is 1. The molecule has 34 heavy (non-hydrogen) atoms. The van der Waals surface area contributed by atoms with E-state index in [2.05, 4.69) is 46.9 Å². The van der Waals surface area contributed by atoms with Crippen LogP contribution in [-0.2, 0) is 4.79 Å². The summed E-state index contributed by atoms with van der Waals surface area (Å²) in [6, 6.07) is 13.8. The van der Waals surface area contributed by atoms with Crippen LogP contribution in [0.4, 0.5) is 15.8 Å². The number of aromatic hydroxyl groups is 1. The van der Waals surface area contributed by atoms with Crippen LogP contribution in [-0.4, -0.2) is 52.6 Å². The summed E-state index contributed by atoms with van der Waals surface area (Å²) in [5.74, 6) is -0.694. The number of carbonyl (C=O) groups is 1. The summed E-state index contributed by atoms with van der Waals surface area (Å²) in [5, 5.41) is 13.7. The van der Waals surface area contributed by atoms with Gasteiger partial charge in [0.2, 0.25) is 5.91 Å². The highest BCUT2D eigenvalue weighted by molar-refractivity contribution is 5.89. The zero-order valence-electron chi connectivity index (χ0n) is 20.1. The second kappa shape index (κ2) is 9.43. The first kappa shape index (κ1) is 23.7. The normalized spacial score (nSPS) is 14.8. The van der Waals surface area contributed by atoms with Gasteiger partial charge in [-0.15, -0.1) is 0 Å². The molecule has 2 aromatic carbocycles. The molecular formula is C27H31FN4O2. The Bertz CT molecular complexity index is 1180. The number of phenols is 1. The Morgan fingerprint density at radius 3 is 2.35 bits per heavy atom. The van der Waals surface area contributed by atoms with Gasteiger partial charge in [-0.3, -0.25) is 14.7 Å². The Morgan fingerprint density at radius 2 is 1.74 bits per heavy atom. The molecule has 0 radical (unpaired) electrons. The Labute approximate surface area is 200 Å². The summed E-state index contributed by atoms with van der Waals surface area (Å²) in [6.45, 7) is 11.9. The Hall–Kier alpha value is -3.45. The smallest absolute Gasteiger partial charge is 0.221 e. The zero-order valence-corrected chi connectivity index (χ0v) is 20.1. The Kier molecular flexibility index (Phi) is 6.57. The van der Waals surface area contributed by atoms with Gasteiger partial charge in [0.1, 0.15) is 11.6 Å². The highest BCUT2D eigenvalue weighted by Gasteiger charge is 2.26. The van der Waals surface area contributed by atoms with Crippen molar-refractivity contribution in [3.8, 4) is 28.1 Å². The molecule has 4 rings (SSSR count). The maximum atomic E-state index is 14.6. The van der Waals surface area contributed by atoms with Crippen LogP contribution in [0.5, 0.6) is 5.75 Å². The molecule has 2 heterocycles. The standard InChI is InChI=1S/C27H31FN4O2/c1-18(33)30-21-8-9-25(29-17-21)24-16-20(28)15-23(26(24)34)19-6-5-7-22(14-19)31-10-12-32(13-11-31)27(2,3)4/h5-9,14-17,34H,10-13H2,1-4H3,(H,30,33). The lowest BCUT2D eigenvalue weighted by atomic mass is 9.98. The summed E-state index contributed by atoms with van der Waals surface area (Å²) in [4.78, 5) is 20.3. The average Bonchev–Trinajstić information content (AvgIpc) is 2.80. The van der Waals surface area contributed by atoms with E-state index >= 15 is 0 Å². The Balaban J connectivity index is 1.62. The highest BCUT2D eigenvalue weighted by atomic mass is 19.1. The van der Waals surface area contributed by atoms with Crippen molar-refractivity contribution >= 4 is 17.3 Å². The molecule has 1 saturated heterocycles. The minimum atomic E-state index is -0.459. The van der Waals surface area contributed by atoms with Gasteiger partial charge in [-0.1, -0.05) is 12.1 Å². The summed E-state index contributed by atoms with van der Waals surface area (Å²) >= 11 is 0. The maximum Gasteiger partial charge on any atom is 0.221 e. The van der Waals surface area contributed by atoms with E-state index < -0.39 is 5.82 Å². The molecule has 1 fully saturated rings. The molecule has 1 aliphatic heterocycles. The second-order valence-corrected chi connectivity index (χ2v) is 9.66. The molecule has 178 valence electrons. The zero-order chi connectivity index (χ0) is 24.5. The number of hydrogen-bond acceptors (Lipinski definition) is 5. The lowest BCUT2D eigenvalue weighted by Crippen LogP contribution is -2.53. The molecule has 0 unspecified atom stereocenters. The van der Waals surface area contributed by atoms with Gasteiger partial charge in [0, 0.05) is 55.5 Å². The van der Waals surface area contributed by atoms with Gasteiger partial charge in [0.05, 0.1) is 17.6 Å². The van der Waals surface area contributed by atoms with Crippen LogP contribution in [0, 0.1) is 5.82 Å². The van der Waals surface area contributed by atoms with Crippen LogP contribution in [0.15, 0.2) is 54.7 Å². The molecule has 1 aliphatic rings. The number of anilines is 2. The monoisotopic (exact) mass is 462 g/mol. The minimum absolute atomic E-state index is 0.0316. The minimum Gasteiger partial charge on any atom is -0.507 e. The van der Waals surface area contributed by atoms with Gasteiger partial charge in [-0.2, -0.15) is 0 Å². The molecule has 0 spiro atoms. The first-order chi connectivity index (χ1) is 16.1. The quantitative estimate of drug-likeness (QED) is 0.562. The summed E-state index contributed by atoms with van der Waals surface area (Å²) < 4.78 is 14.6. The van der Waals surface area contributed by atoms with Crippen LogP contribution >= 0.6 is 0 Å². The lowest BCUT2D eigenvalue weighted by Gasteiger charge is -2.43. The predicted octanol–water partition coefficient (Wildman–Crippen LogP) is 5.14. The van der Waals surface area contributed by atoms with Crippen LogP contribution in [0.25, 0.3) is 22.4 Å². The molecule has 1 amide bonds. The van der Waals surface area contributed by atoms with Gasteiger partial charge in [-0.05, 0) is 62.7 Å². The third-order valence-corrected chi connectivity index (χ3v) is 6.19. The van der Waals surface area contributed by atoms with E-state index in [4.69, 9.17) is 0 Å². The number of halogens is 1. The Morgan fingerprint density at radius 1 is 1.03 bits per heavy atom. The number of carbonyl (C=O) groups excluding carboxylic acids is 1. The van der Waals surface area contributed by atoms with Gasteiger partial charge < -0.3 is 15.3 Å². The molecule has 7 heteroatoms. The number of piperazine rings is 1. The van der Waals surface area contributed by atoms with Crippen LogP contribution < -0.4 is 10.2 Å². The van der Waals surface area contributed by atoms with Crippen molar-refractivity contribution in [2.24, 2.45) is 0 Å². The van der Waals surface area contributed by atoms with Crippen molar-refractivity contribution in [1.82, 2.24) is 9.88 Å². The number of hydrogen-bond donors (Lipinski definition) is 2. The SMILES string of the molecule is CC(=O)Nc1ccc(-c2cc(F)cc(-c3cccc(N4CCN(C(C)(C)C)CC4)c3)c2O)nc1. The predicted molar refractivity (Wildman–Crippen MR) is 135 cm³/mol. The van der Waals surface area contributed by atoms with E-state index in [1.807, 2.05) is 18.2 Å². The summed E-state index contributed by atoms with van der Waals surface area (Å²) in [5.41, 5.74) is 3.60. The molecule has 0 saturated carbocycles. The van der Waals surface area contributed by atoms with E-state index in [9.17, 15) is 14.3 Å². The van der Waals surface area contributed by atoms with E-state index in [1.54, 1.807) is 12.1 Å². The third kappa shape index (κ3) is 5.20. The number of amides is 1. The first-order valence-electron chi connectivity index (χ1n) is 11.5. The molecule has 0 aliphatic carbocycles. The van der Waals surface area contributed by atoms with Crippen molar-refractivity contribution in [2.75, 3.05) is 36.4 Å². The van der Waals surface area contributed by atoms with E-state index in [0.29, 0.717) is 22.5 Å². The number of benzene rings is 2. The van der Waals surface area contributed by atoms with Gasteiger partial charge in [-0.25, -0.2) is 4.39 Å². The molecule has 0 atom stereocenters. The number of nitrogens with zero attached hydrogens (tertiary/aromatic N) is 3. The largest absolute Gasteiger partial charge is 0.507 e. The van der Waals surface area contributed by atoms with Crippen molar-refractivity contribution < 1.29 is 14.3 Å². The summed E-state index contributed by atoms with van der Waals surface area (Å²) in [6.07, 6.45) is 1.48. The molecule has 0 bridgehead atoms. The molecule has 2 N–H and O–H groups in total. The fraction of sp³-hybridized carbons (Fsp3) is 0.333. The van der Waals surface area contributed by atoms with Crippen molar-refractivity contribution in [3.05, 3.63) is 60.5 Å². The highest BCUT2D eigenvalue weighted by Crippen LogP contribution is 2.39. The van der Waals surface area contributed by atoms with Crippen molar-refractivity contribution in [1.29, 1.82) is 0 Å². The van der Waals surface area contributed by atoms with Crippen molar-refractivity contribution in [3.63, 3.8) is 0 Å². The number of phenolic OH excluding ortho intramolecular Hbond substituents is 1. The molecule has 6 nitrogen and oxygen atoms in total. The van der Waals surface area contributed by atoms with Gasteiger partial charge >= 0.3 is 0 Å². The molecule has 3 aromatic rings. The fourth-order valence-corrected chi connectivity index (χ4v) is 4.35. The van der Waals surface area contributed by atoms with Crippen molar-refractivity contribution in [2.45, 2.75) is 33.2 Å². The maximum absolute atomic E-state index is 14.6. The van der Waals surface area contributed by atoms with Crippen LogP contribution in [0.3, 0.4) is 0 Å². The number of pyridine rings is 1. The molecule has 1 aromatic heterocycles. The van der Waals surface area contributed by atoms with Gasteiger partial charge in [0.25, 0.3) is 0 Å². The topological polar surface area (TPSA) is 68.7 Å². The number of rotatable bonds is 4. The third-order valence-electron chi connectivity index (χ3n) is 6.19. The number of aromatic nitrogens is 1. The van der Waals surface area contributed by atoms with Gasteiger partial charge in [0.15, 0.2) is 0 Å². The summed E-state index contributed by atoms with van der Waals surface area (Å²) in [7, 11) is 0. The lowest BCUT2D eigenvalue weighted by molar-refractivity contribution is -0.114. The average molecular weight is 463 g/mol. The van der Waals surface area contributed by atoms with E-state index in [0.717, 1.165) is 37.4 Å². The van der Waals surface area contributed by atoms with E-state index in [-0.39, 0.29) is 17.2 Å². The van der Waals surface area contributed by atoms with E-state index in [1.165, 1.54) is 25.3 Å². The van der Waals surface area contributed by atoms with Crippen LogP contribution in [0.2, 0.25) is 0 Å². The van der Waals surface area contributed by atoms with Crippen LogP contribution in [0.1, 0.15) is 27.7 Å². The first-order valence-corrected chi connectivity index (χ1v) is 11.5. The fourth-order valence-electron chi connectivity index (χ4n) is 4.35.